The van der Waals surface area contributed by atoms with Crippen molar-refractivity contribution >= 4 is 22.0 Å². The zero-order valence-corrected chi connectivity index (χ0v) is 20.7. The number of para-hydroxylation sites is 1. The lowest BCUT2D eigenvalue weighted by Crippen LogP contribution is -1.97. The summed E-state index contributed by atoms with van der Waals surface area (Å²) in [4.78, 5) is 8.24. The van der Waals surface area contributed by atoms with Gasteiger partial charge in [0.15, 0.2) is 0 Å². The zero-order valence-electron chi connectivity index (χ0n) is 20.7. The number of pyridine rings is 1. The number of aromatic amines is 1. The molecule has 1 aromatic carbocycles. The van der Waals surface area contributed by atoms with Crippen LogP contribution >= 0.6 is 0 Å². The molecular formula is C30H38N2O. The van der Waals surface area contributed by atoms with Crippen molar-refractivity contribution in [1.82, 2.24) is 9.97 Å². The van der Waals surface area contributed by atoms with Crippen molar-refractivity contribution in [2.45, 2.75) is 53.9 Å². The number of hydrogen-bond acceptors (Lipinski definition) is 2. The monoisotopic (exact) mass is 442 g/mol. The van der Waals surface area contributed by atoms with Crippen LogP contribution in [-0.2, 0) is 6.42 Å². The quantitative estimate of drug-likeness (QED) is 0.271. The van der Waals surface area contributed by atoms with Gasteiger partial charge < -0.3 is 10.1 Å². The molecule has 0 fully saturated rings. The van der Waals surface area contributed by atoms with E-state index in [-0.39, 0.29) is 0 Å². The van der Waals surface area contributed by atoms with Crippen LogP contribution in [-0.4, -0.2) is 15.1 Å². The molecule has 1 atom stereocenters. The Balaban J connectivity index is 0.000000890. The minimum atomic E-state index is 0.756. The number of fused-ring (bicyclic) bond motifs is 1. The molecule has 2 heterocycles. The second kappa shape index (κ2) is 13.3. The summed E-state index contributed by atoms with van der Waals surface area (Å²) in [5, 5.41) is 8.83. The Morgan fingerprint density at radius 2 is 1.91 bits per heavy atom. The molecule has 0 saturated heterocycles. The van der Waals surface area contributed by atoms with Gasteiger partial charge in [-0.05, 0) is 80.5 Å². The largest absolute Gasteiger partial charge is 0.516 e. The fraction of sp³-hybridized carbons (Fsp3) is 0.300. The Labute approximate surface area is 199 Å². The van der Waals surface area contributed by atoms with Crippen LogP contribution in [0.1, 0.15) is 63.1 Å². The average Bonchev–Trinajstić information content (AvgIpc) is 3.22. The average molecular weight is 443 g/mol. The van der Waals surface area contributed by atoms with E-state index in [1.165, 1.54) is 24.1 Å². The van der Waals surface area contributed by atoms with Gasteiger partial charge in [-0.25, -0.2) is 0 Å². The third-order valence-corrected chi connectivity index (χ3v) is 5.80. The topological polar surface area (TPSA) is 48.9 Å². The summed E-state index contributed by atoms with van der Waals surface area (Å²) in [6.07, 6.45) is 14.4. The van der Waals surface area contributed by atoms with Crippen LogP contribution in [0.15, 0.2) is 79.7 Å². The lowest BCUT2D eigenvalue weighted by Gasteiger charge is -2.08. The van der Waals surface area contributed by atoms with Gasteiger partial charge in [0.1, 0.15) is 0 Å². The number of aliphatic hydroxyl groups excluding tert-OH is 1. The first-order chi connectivity index (χ1) is 15.9. The molecule has 0 bridgehead atoms. The molecule has 2 N–H and O–H groups in total. The van der Waals surface area contributed by atoms with E-state index < -0.39 is 0 Å². The molecule has 0 aliphatic rings. The molecule has 3 aromatic rings. The first kappa shape index (κ1) is 25.9. The van der Waals surface area contributed by atoms with Crippen molar-refractivity contribution in [3.05, 3.63) is 102 Å². The Bertz CT molecular complexity index is 1130. The van der Waals surface area contributed by atoms with Crippen LogP contribution in [0.4, 0.5) is 0 Å². The van der Waals surface area contributed by atoms with Gasteiger partial charge in [-0.2, -0.15) is 0 Å². The number of aromatic nitrogens is 2. The van der Waals surface area contributed by atoms with Crippen molar-refractivity contribution in [3.8, 4) is 0 Å². The Hall–Kier alpha value is -3.33. The van der Waals surface area contributed by atoms with E-state index in [9.17, 15) is 0 Å². The van der Waals surface area contributed by atoms with Crippen LogP contribution in [0, 0.1) is 12.8 Å². The van der Waals surface area contributed by atoms with Gasteiger partial charge in [-0.1, -0.05) is 63.3 Å². The smallest absolute Gasteiger partial charge is 0.0748 e. The number of benzene rings is 1. The van der Waals surface area contributed by atoms with Crippen LogP contribution in [0.3, 0.4) is 0 Å². The molecule has 0 spiro atoms. The third kappa shape index (κ3) is 7.64. The standard InChI is InChI=1S/C27H32N2.C3H6O/c1-6-10-22(27-16-21(5)25(29-27)14-13-19(3)7-2)15-20(4)24-17-23-11-8-9-12-26(23)28-18-24;1-2-3-4/h6,8-12,15-19,29H,4,7,13-14H2,1-3,5H3;2-4H,1H3/b10-6-,22-15+;. The fourth-order valence-electron chi connectivity index (χ4n) is 3.52. The number of H-pyrrole nitrogens is 1. The molecule has 0 amide bonds. The maximum absolute atomic E-state index is 7.69. The van der Waals surface area contributed by atoms with E-state index in [0.717, 1.165) is 51.9 Å². The van der Waals surface area contributed by atoms with Crippen LogP contribution < -0.4 is 0 Å². The Kier molecular flexibility index (Phi) is 10.4. The predicted octanol–water partition coefficient (Wildman–Crippen LogP) is 8.60. The number of aryl methyl sites for hydroxylation is 2. The van der Waals surface area contributed by atoms with E-state index in [4.69, 9.17) is 5.11 Å². The highest BCUT2D eigenvalue weighted by molar-refractivity contribution is 5.89. The maximum Gasteiger partial charge on any atom is 0.0748 e. The third-order valence-electron chi connectivity index (χ3n) is 5.80. The SMILES string of the molecule is C=C(/C=C(\C=C/C)c1cc(C)c(CCC(C)CC)[nH]1)c1cnc2ccccc2c1.CC=CO. The summed E-state index contributed by atoms with van der Waals surface area (Å²) in [6.45, 7) is 14.9. The van der Waals surface area contributed by atoms with Gasteiger partial charge in [0, 0.05) is 28.5 Å². The Morgan fingerprint density at radius 3 is 2.58 bits per heavy atom. The van der Waals surface area contributed by atoms with Gasteiger partial charge in [0.05, 0.1) is 11.8 Å². The second-order valence-corrected chi connectivity index (χ2v) is 8.42. The summed E-state index contributed by atoms with van der Waals surface area (Å²) >= 11 is 0. The highest BCUT2D eigenvalue weighted by Gasteiger charge is 2.10. The van der Waals surface area contributed by atoms with Crippen LogP contribution in [0.2, 0.25) is 0 Å². The lowest BCUT2D eigenvalue weighted by atomic mass is 10.0. The van der Waals surface area contributed by atoms with Crippen molar-refractivity contribution in [3.63, 3.8) is 0 Å². The van der Waals surface area contributed by atoms with Crippen LogP contribution in [0.5, 0.6) is 0 Å². The van der Waals surface area contributed by atoms with Crippen molar-refractivity contribution in [1.29, 1.82) is 0 Å². The number of rotatable bonds is 8. The minimum Gasteiger partial charge on any atom is -0.516 e. The zero-order chi connectivity index (χ0) is 24.2. The highest BCUT2D eigenvalue weighted by Crippen LogP contribution is 2.26. The van der Waals surface area contributed by atoms with Gasteiger partial charge in [0.2, 0.25) is 0 Å². The molecule has 0 aliphatic carbocycles. The van der Waals surface area contributed by atoms with Gasteiger partial charge in [0.25, 0.3) is 0 Å². The molecule has 0 radical (unpaired) electrons. The number of nitrogens with zero attached hydrogens (tertiary/aromatic N) is 1. The molecule has 3 nitrogen and oxygen atoms in total. The number of allylic oxidation sites excluding steroid dienone is 6. The Morgan fingerprint density at radius 1 is 1.18 bits per heavy atom. The molecule has 1 unspecified atom stereocenters. The van der Waals surface area contributed by atoms with E-state index in [1.807, 2.05) is 31.3 Å². The minimum absolute atomic E-state index is 0.756. The van der Waals surface area contributed by atoms with Crippen molar-refractivity contribution in [2.75, 3.05) is 0 Å². The normalized spacial score (nSPS) is 12.8. The van der Waals surface area contributed by atoms with Crippen LogP contribution in [0.25, 0.3) is 22.0 Å². The molecule has 3 heteroatoms. The number of hydrogen-bond donors (Lipinski definition) is 2. The summed E-state index contributed by atoms with van der Waals surface area (Å²) in [5.41, 5.74) is 7.98. The highest BCUT2D eigenvalue weighted by atomic mass is 16.2. The van der Waals surface area contributed by atoms with Gasteiger partial charge in [-0.15, -0.1) is 0 Å². The summed E-state index contributed by atoms with van der Waals surface area (Å²) in [5.74, 6) is 0.756. The molecule has 2 aromatic heterocycles. The lowest BCUT2D eigenvalue weighted by molar-refractivity contribution is 0.472. The molecule has 33 heavy (non-hydrogen) atoms. The second-order valence-electron chi connectivity index (χ2n) is 8.42. The van der Waals surface area contributed by atoms with Crippen molar-refractivity contribution < 1.29 is 5.11 Å². The summed E-state index contributed by atoms with van der Waals surface area (Å²) in [7, 11) is 0. The van der Waals surface area contributed by atoms with Gasteiger partial charge in [-0.3, -0.25) is 4.98 Å². The first-order valence-corrected chi connectivity index (χ1v) is 11.8. The molecule has 3 rings (SSSR count). The predicted molar refractivity (Wildman–Crippen MR) is 144 cm³/mol. The first-order valence-electron chi connectivity index (χ1n) is 11.8. The van der Waals surface area contributed by atoms with E-state index in [0.29, 0.717) is 0 Å². The number of nitrogens with one attached hydrogen (secondary N) is 1. The van der Waals surface area contributed by atoms with Crippen molar-refractivity contribution in [2.24, 2.45) is 5.92 Å². The maximum atomic E-state index is 7.69. The molecule has 0 aliphatic heterocycles. The summed E-state index contributed by atoms with van der Waals surface area (Å²) < 4.78 is 0. The van der Waals surface area contributed by atoms with Gasteiger partial charge >= 0.3 is 0 Å². The molecule has 0 saturated carbocycles. The molecular weight excluding hydrogens is 404 g/mol. The summed E-state index contributed by atoms with van der Waals surface area (Å²) in [6, 6.07) is 12.6. The fourth-order valence-corrected chi connectivity index (χ4v) is 3.52. The van der Waals surface area contributed by atoms with E-state index in [1.54, 1.807) is 13.0 Å². The molecule has 174 valence electrons. The van der Waals surface area contributed by atoms with E-state index >= 15 is 0 Å². The van der Waals surface area contributed by atoms with E-state index in [2.05, 4.69) is 73.7 Å². The number of aliphatic hydroxyl groups is 1.